The van der Waals surface area contributed by atoms with E-state index in [0.717, 1.165) is 40.1 Å². The van der Waals surface area contributed by atoms with E-state index in [-0.39, 0.29) is 0 Å². The van der Waals surface area contributed by atoms with Gasteiger partial charge in [0.1, 0.15) is 4.83 Å². The second kappa shape index (κ2) is 13.5. The maximum atomic E-state index is 5.05. The number of nitrogens with one attached hydrogen (secondary N) is 1. The Balaban J connectivity index is 0.922. The predicted octanol–water partition coefficient (Wildman–Crippen LogP) is 13.9. The Bertz CT molecular complexity index is 2970. The molecule has 1 aliphatic rings. The molecule has 1 atom stereocenters. The molecule has 56 heavy (non-hydrogen) atoms. The highest BCUT2D eigenvalue weighted by Gasteiger charge is 2.25. The Morgan fingerprint density at radius 2 is 1.09 bits per heavy atom. The van der Waals surface area contributed by atoms with E-state index in [1.807, 2.05) is 23.5 Å². The molecule has 0 aliphatic heterocycles. The molecule has 11 rings (SSSR count). The highest BCUT2D eigenvalue weighted by Crippen LogP contribution is 2.44. The average Bonchev–Trinajstić information content (AvgIpc) is 3.86. The molecule has 3 heterocycles. The molecule has 0 saturated heterocycles. The smallest absolute Gasteiger partial charge is 0.160 e. The van der Waals surface area contributed by atoms with Gasteiger partial charge in [-0.2, -0.15) is 0 Å². The maximum absolute atomic E-state index is 5.05. The highest BCUT2D eigenvalue weighted by atomic mass is 32.1. The minimum atomic E-state index is 0.341. The number of aromatic amines is 1. The molecule has 1 aliphatic carbocycles. The van der Waals surface area contributed by atoms with Crippen molar-refractivity contribution in [2.75, 3.05) is 0 Å². The Morgan fingerprint density at radius 3 is 1.82 bits per heavy atom. The quantitative estimate of drug-likeness (QED) is 0.185. The van der Waals surface area contributed by atoms with E-state index in [2.05, 4.69) is 181 Å². The van der Waals surface area contributed by atoms with Gasteiger partial charge in [0.05, 0.1) is 11.4 Å². The molecule has 1 unspecified atom stereocenters. The summed E-state index contributed by atoms with van der Waals surface area (Å²) < 4.78 is 1.28. The molecule has 4 heteroatoms. The summed E-state index contributed by atoms with van der Waals surface area (Å²) in [6, 6.07) is 65.4. The number of benzene rings is 7. The van der Waals surface area contributed by atoms with Gasteiger partial charge in [-0.25, -0.2) is 9.97 Å². The number of hydrogen-bond donors (Lipinski definition) is 1. The Hall–Kier alpha value is -6.88. The molecule has 0 saturated carbocycles. The van der Waals surface area contributed by atoms with Crippen molar-refractivity contribution in [1.29, 1.82) is 0 Å². The van der Waals surface area contributed by atoms with Crippen molar-refractivity contribution >= 4 is 31.6 Å². The van der Waals surface area contributed by atoms with E-state index in [0.29, 0.717) is 11.7 Å². The summed E-state index contributed by atoms with van der Waals surface area (Å²) in [6.45, 7) is 0. The van der Waals surface area contributed by atoms with E-state index in [4.69, 9.17) is 9.97 Å². The normalized spacial score (nSPS) is 13.5. The van der Waals surface area contributed by atoms with E-state index in [9.17, 15) is 0 Å². The zero-order valence-electron chi connectivity index (χ0n) is 30.5. The van der Waals surface area contributed by atoms with Gasteiger partial charge < -0.3 is 4.98 Å². The molecule has 0 bridgehead atoms. The number of hydrogen-bond acceptors (Lipinski definition) is 3. The SMILES string of the molecule is c1ccc(-c2cc(-c3ccccc3)nc(-c3ccc(-c4c[nH]c5sc6ccc(-c7ccc(C8Cc9ccccc9-c9ccccc98)cc7)cc6c45)cc3)n2)cc1. The molecule has 0 radical (unpaired) electrons. The fraction of sp³-hybridized carbons (Fsp3) is 0.0385. The van der Waals surface area contributed by atoms with Crippen LogP contribution in [0, 0.1) is 0 Å². The van der Waals surface area contributed by atoms with Gasteiger partial charge in [0.15, 0.2) is 5.82 Å². The van der Waals surface area contributed by atoms with Crippen LogP contribution in [0.5, 0.6) is 0 Å². The lowest BCUT2D eigenvalue weighted by Crippen LogP contribution is -2.12. The van der Waals surface area contributed by atoms with Crippen LogP contribution in [0.3, 0.4) is 0 Å². The largest absolute Gasteiger partial charge is 0.352 e. The summed E-state index contributed by atoms with van der Waals surface area (Å²) in [4.78, 5) is 14.9. The molecule has 10 aromatic rings. The predicted molar refractivity (Wildman–Crippen MR) is 234 cm³/mol. The fourth-order valence-electron chi connectivity index (χ4n) is 8.51. The number of H-pyrrole nitrogens is 1. The minimum absolute atomic E-state index is 0.341. The van der Waals surface area contributed by atoms with Gasteiger partial charge in [-0.05, 0) is 69.1 Å². The Morgan fingerprint density at radius 1 is 0.482 bits per heavy atom. The summed E-state index contributed by atoms with van der Waals surface area (Å²) in [5.41, 5.74) is 16.7. The standard InChI is InChI=1S/C52H35N3S/c1-3-11-36(12-4-1)47-31-48(37-13-5-2-6-14-37)55-51(54-47)38-25-23-35(24-26-38)46-32-53-52-50(46)45-29-39(27-28-49(45)56-52)33-19-21-34(22-20-33)44-30-40-15-7-8-16-41(40)42-17-9-10-18-43(42)44/h1-29,31-32,44,53H,30H2. The van der Waals surface area contributed by atoms with Gasteiger partial charge in [-0.1, -0.05) is 164 Å². The van der Waals surface area contributed by atoms with Gasteiger partial charge in [-0.15, -0.1) is 11.3 Å². The second-order valence-electron chi connectivity index (χ2n) is 14.6. The molecular formula is C52H35N3S. The van der Waals surface area contributed by atoms with Crippen LogP contribution in [0.15, 0.2) is 188 Å². The van der Waals surface area contributed by atoms with Crippen molar-refractivity contribution in [3.8, 4) is 67.3 Å². The zero-order chi connectivity index (χ0) is 37.0. The fourth-order valence-corrected chi connectivity index (χ4v) is 9.58. The zero-order valence-corrected chi connectivity index (χ0v) is 31.3. The first kappa shape index (κ1) is 32.5. The summed E-state index contributed by atoms with van der Waals surface area (Å²) >= 11 is 1.81. The van der Waals surface area contributed by atoms with Gasteiger partial charge >= 0.3 is 0 Å². The van der Waals surface area contributed by atoms with E-state index in [1.165, 1.54) is 64.8 Å². The molecule has 3 nitrogen and oxygen atoms in total. The van der Waals surface area contributed by atoms with Crippen LogP contribution in [0.4, 0.5) is 0 Å². The molecule has 264 valence electrons. The minimum Gasteiger partial charge on any atom is -0.352 e. The summed E-state index contributed by atoms with van der Waals surface area (Å²) in [6.07, 6.45) is 3.17. The molecule has 0 amide bonds. The van der Waals surface area contributed by atoms with Crippen LogP contribution >= 0.6 is 11.3 Å². The summed E-state index contributed by atoms with van der Waals surface area (Å²) in [5, 5.41) is 2.54. The van der Waals surface area contributed by atoms with Crippen LogP contribution in [0.2, 0.25) is 0 Å². The number of rotatable bonds is 6. The Labute approximate surface area is 329 Å². The first-order valence-electron chi connectivity index (χ1n) is 19.2. The molecule has 3 aromatic heterocycles. The molecule has 7 aromatic carbocycles. The number of thiophene rings is 1. The van der Waals surface area contributed by atoms with E-state index < -0.39 is 0 Å². The third-order valence-electron chi connectivity index (χ3n) is 11.3. The number of nitrogens with zero attached hydrogens (tertiary/aromatic N) is 2. The van der Waals surface area contributed by atoms with Crippen molar-refractivity contribution in [2.45, 2.75) is 12.3 Å². The number of aromatic nitrogens is 3. The van der Waals surface area contributed by atoms with Gasteiger partial charge in [0, 0.05) is 49.8 Å². The van der Waals surface area contributed by atoms with Gasteiger partial charge in [0.25, 0.3) is 0 Å². The van der Waals surface area contributed by atoms with Gasteiger partial charge in [-0.3, -0.25) is 0 Å². The van der Waals surface area contributed by atoms with Crippen molar-refractivity contribution in [3.05, 3.63) is 205 Å². The lowest BCUT2D eigenvalue weighted by atomic mass is 9.75. The lowest BCUT2D eigenvalue weighted by Gasteiger charge is -2.28. The van der Waals surface area contributed by atoms with Crippen LogP contribution < -0.4 is 0 Å². The van der Waals surface area contributed by atoms with Crippen molar-refractivity contribution < 1.29 is 0 Å². The van der Waals surface area contributed by atoms with Crippen LogP contribution in [-0.2, 0) is 6.42 Å². The van der Waals surface area contributed by atoms with Crippen LogP contribution in [0.1, 0.15) is 22.6 Å². The van der Waals surface area contributed by atoms with Crippen molar-refractivity contribution in [1.82, 2.24) is 15.0 Å². The first-order chi connectivity index (χ1) is 27.7. The maximum Gasteiger partial charge on any atom is 0.160 e. The van der Waals surface area contributed by atoms with Crippen molar-refractivity contribution in [3.63, 3.8) is 0 Å². The summed E-state index contributed by atoms with van der Waals surface area (Å²) in [5.74, 6) is 1.05. The topological polar surface area (TPSA) is 41.6 Å². The first-order valence-corrected chi connectivity index (χ1v) is 20.0. The van der Waals surface area contributed by atoms with Crippen LogP contribution in [0.25, 0.3) is 87.6 Å². The molecule has 0 spiro atoms. The van der Waals surface area contributed by atoms with Gasteiger partial charge in [0.2, 0.25) is 0 Å². The average molecular weight is 734 g/mol. The third kappa shape index (κ3) is 5.66. The third-order valence-corrected chi connectivity index (χ3v) is 12.4. The molecular weight excluding hydrogens is 699 g/mol. The lowest BCUT2D eigenvalue weighted by molar-refractivity contribution is 0.794. The van der Waals surface area contributed by atoms with Crippen molar-refractivity contribution in [2.24, 2.45) is 0 Å². The highest BCUT2D eigenvalue weighted by molar-refractivity contribution is 7.25. The monoisotopic (exact) mass is 733 g/mol. The second-order valence-corrected chi connectivity index (χ2v) is 15.7. The molecule has 1 N–H and O–H groups in total. The van der Waals surface area contributed by atoms with E-state index >= 15 is 0 Å². The Kier molecular flexibility index (Phi) is 7.82. The molecule has 0 fully saturated rings. The number of fused-ring (bicyclic) bond motifs is 6. The van der Waals surface area contributed by atoms with E-state index in [1.54, 1.807) is 0 Å². The van der Waals surface area contributed by atoms with Crippen LogP contribution in [-0.4, -0.2) is 15.0 Å². The summed E-state index contributed by atoms with van der Waals surface area (Å²) in [7, 11) is 0.